The Labute approximate surface area is 211 Å². The smallest absolute Gasteiger partial charge is 0.247 e. The first-order chi connectivity index (χ1) is 17.1. The van der Waals surface area contributed by atoms with Gasteiger partial charge in [-0.3, -0.25) is 9.59 Å². The van der Waals surface area contributed by atoms with E-state index in [4.69, 9.17) is 20.3 Å². The van der Waals surface area contributed by atoms with Crippen molar-refractivity contribution in [3.63, 3.8) is 0 Å². The molecular formula is C26H36N4O4S. The van der Waals surface area contributed by atoms with E-state index in [1.54, 1.807) is 31.0 Å². The topological polar surface area (TPSA) is 97.5 Å². The average molecular weight is 501 g/mol. The highest BCUT2D eigenvalue weighted by Crippen LogP contribution is 2.38. The van der Waals surface area contributed by atoms with Crippen molar-refractivity contribution in [2.24, 2.45) is 22.7 Å². The van der Waals surface area contributed by atoms with Crippen LogP contribution in [-0.2, 0) is 9.59 Å². The number of fused-ring (bicyclic) bond motifs is 1. The number of benzene rings is 1. The monoisotopic (exact) mass is 500 g/mol. The molecule has 1 saturated heterocycles. The van der Waals surface area contributed by atoms with E-state index in [9.17, 15) is 9.59 Å². The summed E-state index contributed by atoms with van der Waals surface area (Å²) in [5, 5.41) is 6.69. The molecule has 0 bridgehead atoms. The van der Waals surface area contributed by atoms with Gasteiger partial charge in [-0.25, -0.2) is 5.01 Å². The molecule has 1 fully saturated rings. The zero-order chi connectivity index (χ0) is 24.8. The predicted octanol–water partition coefficient (Wildman–Crippen LogP) is 2.91. The second kappa shape index (κ2) is 11.9. The normalized spacial score (nSPS) is 22.6. The summed E-state index contributed by atoms with van der Waals surface area (Å²) in [7, 11) is 3.24. The SMILES string of the molecule is COc1ccc(C2=NN(C3CCN(C(=O)CCSCCN)CC3)C(=O)[C@@H]3CC=CC[C@H]23)cc1OC. The van der Waals surface area contributed by atoms with Gasteiger partial charge in [0.05, 0.1) is 31.9 Å². The van der Waals surface area contributed by atoms with Gasteiger partial charge < -0.3 is 20.1 Å². The van der Waals surface area contributed by atoms with E-state index in [1.165, 1.54) is 0 Å². The number of piperidine rings is 1. The number of thioether (sulfide) groups is 1. The van der Waals surface area contributed by atoms with Crippen LogP contribution < -0.4 is 15.2 Å². The molecule has 0 saturated carbocycles. The van der Waals surface area contributed by atoms with Crippen molar-refractivity contribution >= 4 is 29.3 Å². The fourth-order valence-corrected chi connectivity index (χ4v) is 5.88. The van der Waals surface area contributed by atoms with Gasteiger partial charge in [0, 0.05) is 49.0 Å². The van der Waals surface area contributed by atoms with Crippen molar-refractivity contribution in [1.29, 1.82) is 0 Å². The lowest BCUT2D eigenvalue weighted by Crippen LogP contribution is -2.52. The van der Waals surface area contributed by atoms with Crippen LogP contribution in [0.25, 0.3) is 0 Å². The van der Waals surface area contributed by atoms with E-state index in [1.807, 2.05) is 23.1 Å². The number of rotatable bonds is 9. The maximum Gasteiger partial charge on any atom is 0.247 e. The van der Waals surface area contributed by atoms with Crippen LogP contribution >= 0.6 is 11.8 Å². The zero-order valence-corrected chi connectivity index (χ0v) is 21.5. The largest absolute Gasteiger partial charge is 0.493 e. The average Bonchev–Trinajstić information content (AvgIpc) is 2.91. The first-order valence-corrected chi connectivity index (χ1v) is 13.6. The summed E-state index contributed by atoms with van der Waals surface area (Å²) in [5.41, 5.74) is 7.40. The van der Waals surface area contributed by atoms with Gasteiger partial charge >= 0.3 is 0 Å². The molecule has 2 aliphatic heterocycles. The van der Waals surface area contributed by atoms with E-state index in [0.717, 1.165) is 48.5 Å². The minimum atomic E-state index is -0.111. The van der Waals surface area contributed by atoms with E-state index < -0.39 is 0 Å². The highest BCUT2D eigenvalue weighted by molar-refractivity contribution is 7.99. The summed E-state index contributed by atoms with van der Waals surface area (Å²) in [5.74, 6) is 3.22. The minimum Gasteiger partial charge on any atom is -0.493 e. The van der Waals surface area contributed by atoms with Gasteiger partial charge in [0.15, 0.2) is 11.5 Å². The quantitative estimate of drug-likeness (QED) is 0.414. The van der Waals surface area contributed by atoms with E-state index in [2.05, 4.69) is 12.2 Å². The predicted molar refractivity (Wildman–Crippen MR) is 139 cm³/mol. The fraction of sp³-hybridized carbons (Fsp3) is 0.577. The van der Waals surface area contributed by atoms with E-state index >= 15 is 0 Å². The van der Waals surface area contributed by atoms with Crippen LogP contribution in [0.5, 0.6) is 11.5 Å². The Morgan fingerprint density at radius 1 is 1.09 bits per heavy atom. The maximum absolute atomic E-state index is 13.5. The number of allylic oxidation sites excluding steroid dienone is 2. The molecule has 2 heterocycles. The Bertz CT molecular complexity index is 974. The van der Waals surface area contributed by atoms with Gasteiger partial charge in [-0.2, -0.15) is 16.9 Å². The number of carbonyl (C=O) groups is 2. The first kappa shape index (κ1) is 25.6. The Kier molecular flexibility index (Phi) is 8.73. The number of carbonyl (C=O) groups excluding carboxylic acids is 2. The number of hydrazone groups is 1. The summed E-state index contributed by atoms with van der Waals surface area (Å²) in [6.45, 7) is 1.95. The molecule has 2 amide bonds. The lowest BCUT2D eigenvalue weighted by molar-refractivity contribution is -0.142. The second-order valence-corrected chi connectivity index (χ2v) is 10.4. The third-order valence-corrected chi connectivity index (χ3v) is 8.12. The molecule has 9 heteroatoms. The summed E-state index contributed by atoms with van der Waals surface area (Å²) in [6.07, 6.45) is 7.80. The van der Waals surface area contributed by atoms with Crippen LogP contribution in [0.3, 0.4) is 0 Å². The molecule has 0 radical (unpaired) electrons. The highest BCUT2D eigenvalue weighted by Gasteiger charge is 2.43. The molecule has 1 aliphatic carbocycles. The third kappa shape index (κ3) is 5.67. The number of likely N-dealkylation sites (tertiary alicyclic amines) is 1. The molecule has 0 spiro atoms. The summed E-state index contributed by atoms with van der Waals surface area (Å²) in [6, 6.07) is 5.83. The van der Waals surface area contributed by atoms with Crippen molar-refractivity contribution in [2.75, 3.05) is 45.4 Å². The molecule has 3 aliphatic rings. The van der Waals surface area contributed by atoms with Gasteiger partial charge in [0.1, 0.15) is 0 Å². The molecule has 190 valence electrons. The van der Waals surface area contributed by atoms with Gasteiger partial charge in [0.2, 0.25) is 11.8 Å². The van der Waals surface area contributed by atoms with Crippen molar-refractivity contribution in [3.05, 3.63) is 35.9 Å². The molecule has 0 unspecified atom stereocenters. The first-order valence-electron chi connectivity index (χ1n) is 12.4. The second-order valence-electron chi connectivity index (χ2n) is 9.16. The van der Waals surface area contributed by atoms with Gasteiger partial charge in [-0.1, -0.05) is 12.2 Å². The number of methoxy groups -OCH3 is 2. The Hall–Kier alpha value is -2.52. The van der Waals surface area contributed by atoms with Gasteiger partial charge in [-0.05, 0) is 43.9 Å². The number of hydrogen-bond donors (Lipinski definition) is 1. The maximum atomic E-state index is 13.5. The van der Waals surface area contributed by atoms with Gasteiger partial charge in [0.25, 0.3) is 0 Å². The number of amides is 2. The van der Waals surface area contributed by atoms with Crippen molar-refractivity contribution < 1.29 is 19.1 Å². The lowest BCUT2D eigenvalue weighted by Gasteiger charge is -2.42. The molecule has 1 aromatic rings. The van der Waals surface area contributed by atoms with E-state index in [0.29, 0.717) is 37.6 Å². The van der Waals surface area contributed by atoms with Crippen LogP contribution in [0, 0.1) is 11.8 Å². The minimum absolute atomic E-state index is 0.000153. The zero-order valence-electron chi connectivity index (χ0n) is 20.7. The third-order valence-electron chi connectivity index (χ3n) is 7.11. The molecule has 35 heavy (non-hydrogen) atoms. The molecule has 2 N–H and O–H groups in total. The van der Waals surface area contributed by atoms with Crippen molar-refractivity contribution in [1.82, 2.24) is 9.91 Å². The van der Waals surface area contributed by atoms with Gasteiger partial charge in [-0.15, -0.1) is 0 Å². The van der Waals surface area contributed by atoms with Crippen LogP contribution in [0.4, 0.5) is 0 Å². The van der Waals surface area contributed by atoms with Crippen molar-refractivity contribution in [2.45, 2.75) is 38.1 Å². The molecule has 1 aromatic carbocycles. The summed E-state index contributed by atoms with van der Waals surface area (Å²) >= 11 is 1.72. The molecule has 8 nitrogen and oxygen atoms in total. The summed E-state index contributed by atoms with van der Waals surface area (Å²) < 4.78 is 10.9. The standard InChI is InChI=1S/C26H36N4O4S/c1-33-22-8-7-18(17-23(22)34-2)25-20-5-3-4-6-21(20)26(32)30(28-25)19-9-13-29(14-10-19)24(31)11-15-35-16-12-27/h3-4,7-8,17,19-21H,5-6,9-16,27H2,1-2H3/t20-,21+/m0/s1. The van der Waals surface area contributed by atoms with Crippen LogP contribution in [0.1, 0.15) is 37.7 Å². The molecule has 0 aromatic heterocycles. The fourth-order valence-electron chi connectivity index (χ4n) is 5.19. The number of hydrogen-bond acceptors (Lipinski definition) is 7. The van der Waals surface area contributed by atoms with E-state index in [-0.39, 0.29) is 29.7 Å². The number of nitrogens with two attached hydrogens (primary N) is 1. The lowest BCUT2D eigenvalue weighted by atomic mass is 9.76. The van der Waals surface area contributed by atoms with Crippen LogP contribution in [0.2, 0.25) is 0 Å². The highest BCUT2D eigenvalue weighted by atomic mass is 32.2. The number of nitrogens with zero attached hydrogens (tertiary/aromatic N) is 3. The molecular weight excluding hydrogens is 464 g/mol. The Morgan fingerprint density at radius 3 is 2.49 bits per heavy atom. The summed E-state index contributed by atoms with van der Waals surface area (Å²) in [4.78, 5) is 28.0. The Morgan fingerprint density at radius 2 is 1.80 bits per heavy atom. The number of ether oxygens (including phenoxy) is 2. The van der Waals surface area contributed by atoms with Crippen LogP contribution in [-0.4, -0.2) is 78.8 Å². The van der Waals surface area contributed by atoms with Crippen molar-refractivity contribution in [3.8, 4) is 11.5 Å². The Balaban J connectivity index is 1.51. The molecule has 2 atom stereocenters. The molecule has 4 rings (SSSR count). The van der Waals surface area contributed by atoms with Crippen LogP contribution in [0.15, 0.2) is 35.5 Å².